The summed E-state index contributed by atoms with van der Waals surface area (Å²) in [5.41, 5.74) is 29.2. The first kappa shape index (κ1) is 60.7. The SMILES string of the molecule is CCCCCCOCC1(COCCCCCC)Cc2c(-c3ccc(-c4sc(-c5ccc(-c6sc(-c7ccccc7)c7c6CCC7)cc5)c5c4CCC5)cc3)sc(-c3ccc(-c4sc(-c5ccc(-c6sc(-c7ccccc7)c7c6CCC7)cc5)c5c4CCC5)cc3)c2C1. The molecule has 7 heteroatoms. The van der Waals surface area contributed by atoms with Gasteiger partial charge >= 0.3 is 0 Å². The van der Waals surface area contributed by atoms with Gasteiger partial charge in [-0.3, -0.25) is 0 Å². The van der Waals surface area contributed by atoms with E-state index in [1.54, 1.807) is 44.5 Å². The van der Waals surface area contributed by atoms with Gasteiger partial charge in [0.15, 0.2) is 0 Å². The summed E-state index contributed by atoms with van der Waals surface area (Å²) in [5, 5.41) is 0. The van der Waals surface area contributed by atoms with Gasteiger partial charge in [-0.1, -0.05) is 210 Å². The number of ether oxygens (including phenoxy) is 2. The molecule has 0 amide bonds. The highest BCUT2D eigenvalue weighted by Crippen LogP contribution is 2.55. The fraction of sp³-hybridized carbons (Fsp3) is 0.341. The molecule has 16 rings (SSSR count). The number of unbranched alkanes of at least 4 members (excludes halogenated alkanes) is 6. The Morgan fingerprint density at radius 3 is 0.707 bits per heavy atom. The molecule has 5 aliphatic carbocycles. The van der Waals surface area contributed by atoms with Gasteiger partial charge in [-0.2, -0.15) is 0 Å². The standard InChI is InChI=1S/C85H84O2S5/c1-3-5-7-15-49-86-53-85(54-87-50-16-8-6-4-2)51-73-74(52-85)84(64-47-43-62(44-48-64)82-72-32-20-30-70(72)80(91-82)60-39-35-58(36-40-60)78-68-28-18-26-66(68)76(89-78)56-23-13-10-14-24-56)92-83(73)63-45-41-61(42-46-63)81-71-31-19-29-69(71)79(90-81)59-37-33-57(34-38-59)77-67-27-17-25-65(67)75(88-77)55-21-11-9-12-22-55/h9-14,21-24,33-48H,3-8,15-20,25-32,49-54H2,1-2H3. The summed E-state index contributed by atoms with van der Waals surface area (Å²) in [5.74, 6) is 0. The van der Waals surface area contributed by atoms with Crippen molar-refractivity contribution in [2.45, 2.75) is 155 Å². The van der Waals surface area contributed by atoms with Crippen LogP contribution in [0, 0.1) is 5.41 Å². The second-order valence-electron chi connectivity index (χ2n) is 27.1. The van der Waals surface area contributed by atoms with Gasteiger partial charge in [-0.15, -0.1) is 56.7 Å². The van der Waals surface area contributed by atoms with Gasteiger partial charge in [0.25, 0.3) is 0 Å². The van der Waals surface area contributed by atoms with Crippen molar-refractivity contribution in [1.29, 1.82) is 0 Å². The molecule has 6 aromatic carbocycles. The predicted molar refractivity (Wildman–Crippen MR) is 398 cm³/mol. The number of rotatable bonds is 24. The van der Waals surface area contributed by atoms with Gasteiger partial charge in [0.05, 0.1) is 13.2 Å². The molecule has 0 fully saturated rings. The second-order valence-corrected chi connectivity index (χ2v) is 32.2. The fourth-order valence-electron chi connectivity index (χ4n) is 16.3. The Labute approximate surface area is 566 Å². The van der Waals surface area contributed by atoms with E-state index in [9.17, 15) is 0 Å². The van der Waals surface area contributed by atoms with Gasteiger partial charge in [-0.25, -0.2) is 0 Å². The summed E-state index contributed by atoms with van der Waals surface area (Å²) in [6.07, 6.45) is 26.1. The average molecular weight is 1300 g/mol. The van der Waals surface area contributed by atoms with Crippen LogP contribution in [0.25, 0.3) is 104 Å². The largest absolute Gasteiger partial charge is 0.381 e. The number of hydrogen-bond donors (Lipinski definition) is 0. The van der Waals surface area contributed by atoms with Crippen molar-refractivity contribution in [2.24, 2.45) is 5.41 Å². The van der Waals surface area contributed by atoms with E-state index in [2.05, 4.69) is 172 Å². The van der Waals surface area contributed by atoms with E-state index in [0.29, 0.717) is 0 Å². The van der Waals surface area contributed by atoms with Crippen molar-refractivity contribution < 1.29 is 9.47 Å². The summed E-state index contributed by atoms with van der Waals surface area (Å²) in [6, 6.07) is 61.2. The molecule has 0 unspecified atom stereocenters. The number of thiophene rings is 5. The third-order valence-electron chi connectivity index (χ3n) is 20.9. The molecular formula is C85H84O2S5. The summed E-state index contributed by atoms with van der Waals surface area (Å²) in [6.45, 7) is 7.72. The Balaban J connectivity index is 0.698. The molecule has 0 spiro atoms. The molecule has 0 aliphatic heterocycles. The normalized spacial score (nSPS) is 15.2. The van der Waals surface area contributed by atoms with Gasteiger partial charge in [-0.05, 0) is 214 Å². The van der Waals surface area contributed by atoms with Crippen LogP contribution in [0.15, 0.2) is 158 Å². The average Bonchev–Trinajstić information content (AvgIpc) is 1.63. The molecule has 0 saturated heterocycles. The minimum atomic E-state index is -0.0976. The zero-order valence-corrected chi connectivity index (χ0v) is 57.8. The van der Waals surface area contributed by atoms with E-state index in [1.165, 1.54) is 205 Å². The summed E-state index contributed by atoms with van der Waals surface area (Å²) in [7, 11) is 0. The van der Waals surface area contributed by atoms with Crippen molar-refractivity contribution in [3.05, 3.63) is 213 Å². The molecular weight excluding hydrogens is 1210 g/mol. The van der Waals surface area contributed by atoms with Crippen LogP contribution >= 0.6 is 56.7 Å². The molecule has 2 nitrogen and oxygen atoms in total. The summed E-state index contributed by atoms with van der Waals surface area (Å²) < 4.78 is 13.5. The van der Waals surface area contributed by atoms with Crippen LogP contribution in [0.3, 0.4) is 0 Å². The van der Waals surface area contributed by atoms with Crippen molar-refractivity contribution in [3.63, 3.8) is 0 Å². The van der Waals surface area contributed by atoms with E-state index in [-0.39, 0.29) is 5.41 Å². The van der Waals surface area contributed by atoms with Crippen molar-refractivity contribution in [1.82, 2.24) is 0 Å². The fourth-order valence-corrected chi connectivity index (χ4v) is 23.2. The van der Waals surface area contributed by atoms with E-state index in [1.807, 2.05) is 56.7 Å². The van der Waals surface area contributed by atoms with Gasteiger partial charge in [0, 0.05) is 67.4 Å². The van der Waals surface area contributed by atoms with E-state index in [4.69, 9.17) is 9.47 Å². The second kappa shape index (κ2) is 26.9. The van der Waals surface area contributed by atoms with E-state index in [0.717, 1.165) is 77.8 Å². The maximum atomic E-state index is 6.77. The molecule has 11 aromatic rings. The van der Waals surface area contributed by atoms with E-state index < -0.39 is 0 Å². The predicted octanol–water partition coefficient (Wildman–Crippen LogP) is 24.9. The molecule has 0 atom stereocenters. The highest BCUT2D eigenvalue weighted by molar-refractivity contribution is 7.21. The maximum absolute atomic E-state index is 6.77. The maximum Gasteiger partial charge on any atom is 0.0550 e. The Morgan fingerprint density at radius 2 is 0.478 bits per heavy atom. The highest BCUT2D eigenvalue weighted by atomic mass is 32.1. The highest BCUT2D eigenvalue weighted by Gasteiger charge is 2.42. The Bertz CT molecular complexity index is 4110. The number of hydrogen-bond acceptors (Lipinski definition) is 7. The third-order valence-corrected chi connectivity index (χ3v) is 27.8. The lowest BCUT2D eigenvalue weighted by Gasteiger charge is -2.29. The quantitative estimate of drug-likeness (QED) is 0.0562. The molecule has 5 aliphatic rings. The Morgan fingerprint density at radius 1 is 0.261 bits per heavy atom. The van der Waals surface area contributed by atoms with Crippen molar-refractivity contribution >= 4 is 56.7 Å². The Kier molecular flexibility index (Phi) is 17.7. The van der Waals surface area contributed by atoms with Crippen molar-refractivity contribution in [2.75, 3.05) is 26.4 Å². The van der Waals surface area contributed by atoms with Crippen LogP contribution in [0.1, 0.15) is 147 Å². The summed E-state index contributed by atoms with van der Waals surface area (Å²) >= 11 is 10.1. The van der Waals surface area contributed by atoms with Crippen LogP contribution in [-0.4, -0.2) is 26.4 Å². The van der Waals surface area contributed by atoms with Crippen LogP contribution in [-0.2, 0) is 73.7 Å². The summed E-state index contributed by atoms with van der Waals surface area (Å²) in [4.78, 5) is 14.6. The minimum Gasteiger partial charge on any atom is -0.381 e. The van der Waals surface area contributed by atoms with Crippen LogP contribution in [0.4, 0.5) is 0 Å². The van der Waals surface area contributed by atoms with Crippen LogP contribution in [0.5, 0.6) is 0 Å². The first-order chi connectivity index (χ1) is 45.5. The monoisotopic (exact) mass is 1300 g/mol. The molecule has 466 valence electrons. The van der Waals surface area contributed by atoms with Crippen LogP contribution < -0.4 is 0 Å². The van der Waals surface area contributed by atoms with Gasteiger partial charge in [0.1, 0.15) is 0 Å². The van der Waals surface area contributed by atoms with Crippen LogP contribution in [0.2, 0.25) is 0 Å². The molecule has 5 heterocycles. The lowest BCUT2D eigenvalue weighted by molar-refractivity contribution is -0.0191. The van der Waals surface area contributed by atoms with E-state index >= 15 is 0 Å². The lowest BCUT2D eigenvalue weighted by atomic mass is 9.86. The first-order valence-corrected chi connectivity index (χ1v) is 39.0. The topological polar surface area (TPSA) is 18.5 Å². The van der Waals surface area contributed by atoms with Gasteiger partial charge in [0.2, 0.25) is 0 Å². The zero-order chi connectivity index (χ0) is 61.5. The molecule has 0 saturated carbocycles. The van der Waals surface area contributed by atoms with Gasteiger partial charge < -0.3 is 9.47 Å². The smallest absolute Gasteiger partial charge is 0.0550 e. The minimum absolute atomic E-state index is 0.0976. The first-order valence-electron chi connectivity index (χ1n) is 34.9. The zero-order valence-electron chi connectivity index (χ0n) is 53.8. The molecule has 5 aromatic heterocycles. The van der Waals surface area contributed by atoms with Crippen molar-refractivity contribution in [3.8, 4) is 104 Å². The molecule has 92 heavy (non-hydrogen) atoms. The molecule has 0 radical (unpaired) electrons. The Hall–Kier alpha value is -6.26. The number of fused-ring (bicyclic) bond motifs is 5. The lowest BCUT2D eigenvalue weighted by Crippen LogP contribution is -2.34. The molecule has 0 bridgehead atoms. The third kappa shape index (κ3) is 11.7. The molecule has 0 N–H and O–H groups in total. The number of benzene rings is 6.